The maximum Gasteiger partial charge on any atom is 0.145 e. The van der Waals surface area contributed by atoms with E-state index < -0.39 is 0 Å². The Morgan fingerprint density at radius 2 is 0.683 bits per heavy atom. The zero-order valence-corrected chi connectivity index (χ0v) is 32.9. The molecule has 0 radical (unpaired) electrons. The summed E-state index contributed by atoms with van der Waals surface area (Å²) in [6, 6.07) is 84.6. The molecule has 282 valence electrons. The Kier molecular flexibility index (Phi) is 8.83. The first kappa shape index (κ1) is 35.2. The Balaban J connectivity index is 1.03. The van der Waals surface area contributed by atoms with Crippen molar-refractivity contribution < 1.29 is 0 Å². The first-order valence-corrected chi connectivity index (χ1v) is 20.5. The second kappa shape index (κ2) is 15.1. The van der Waals surface area contributed by atoms with E-state index in [4.69, 9.17) is 4.98 Å². The summed E-state index contributed by atoms with van der Waals surface area (Å²) in [5.41, 5.74) is 14.6. The normalized spacial score (nSPS) is 11.3. The van der Waals surface area contributed by atoms with Crippen molar-refractivity contribution in [1.29, 1.82) is 0 Å². The van der Waals surface area contributed by atoms with E-state index in [-0.39, 0.29) is 0 Å². The van der Waals surface area contributed by atoms with Crippen LogP contribution in [0.15, 0.2) is 237 Å². The quantitative estimate of drug-likeness (QED) is 0.144. The molecule has 0 unspecified atom stereocenters. The van der Waals surface area contributed by atoms with Crippen LogP contribution in [0.3, 0.4) is 0 Å². The number of nitrogens with zero attached hydrogens (tertiary/aromatic N) is 3. The highest BCUT2D eigenvalue weighted by atomic mass is 15.1. The molecule has 0 N–H and O–H groups in total. The van der Waals surface area contributed by atoms with Crippen LogP contribution in [0.5, 0.6) is 0 Å². The van der Waals surface area contributed by atoms with Crippen molar-refractivity contribution in [2.24, 2.45) is 0 Å². The van der Waals surface area contributed by atoms with Crippen LogP contribution < -0.4 is 4.90 Å². The molecular weight excluding hydrogens is 727 g/mol. The van der Waals surface area contributed by atoms with E-state index in [0.717, 1.165) is 61.7 Å². The lowest BCUT2D eigenvalue weighted by molar-refractivity contribution is 1.11. The van der Waals surface area contributed by atoms with Gasteiger partial charge in [0.1, 0.15) is 5.82 Å². The summed E-state index contributed by atoms with van der Waals surface area (Å²) in [5.74, 6) is 0.929. The van der Waals surface area contributed by atoms with E-state index in [9.17, 15) is 0 Å². The van der Waals surface area contributed by atoms with Gasteiger partial charge in [-0.05, 0) is 98.8 Å². The maximum atomic E-state index is 5.48. The van der Waals surface area contributed by atoms with Crippen molar-refractivity contribution in [3.05, 3.63) is 237 Å². The lowest BCUT2D eigenvalue weighted by Gasteiger charge is -2.26. The molecule has 0 fully saturated rings. The third-order valence-corrected chi connectivity index (χ3v) is 11.6. The van der Waals surface area contributed by atoms with Gasteiger partial charge in [0.15, 0.2) is 0 Å². The van der Waals surface area contributed by atoms with Crippen LogP contribution in [0.2, 0.25) is 0 Å². The molecule has 0 aliphatic rings. The van der Waals surface area contributed by atoms with Crippen molar-refractivity contribution in [3.63, 3.8) is 0 Å². The van der Waals surface area contributed by atoms with Gasteiger partial charge < -0.3 is 4.90 Å². The number of benzene rings is 10. The van der Waals surface area contributed by atoms with Crippen LogP contribution >= 0.6 is 0 Å². The number of aromatic nitrogens is 2. The Morgan fingerprint density at radius 3 is 1.20 bits per heavy atom. The Hall–Kier alpha value is -8.01. The van der Waals surface area contributed by atoms with Crippen molar-refractivity contribution in [2.75, 3.05) is 4.90 Å². The number of rotatable bonds is 8. The number of fused-ring (bicyclic) bond motifs is 6. The van der Waals surface area contributed by atoms with Gasteiger partial charge in [0.25, 0.3) is 0 Å². The van der Waals surface area contributed by atoms with Gasteiger partial charge in [-0.3, -0.25) is 4.57 Å². The van der Waals surface area contributed by atoms with Gasteiger partial charge in [-0.2, -0.15) is 0 Å². The standard InChI is InChI=1S/C57H39N3/c1-5-15-40(16-6-1)42-25-32-48(33-26-42)59(49-34-27-43(28-35-49)41-17-7-2-8-18-41)50-36-29-44(30-37-50)46-31-38-52-51-23-13-14-24-53(51)56-55(54(52)39-46)58-57(45-19-9-3-10-20-45)60(56)47-21-11-4-12-22-47/h1-39H. The minimum absolute atomic E-state index is 0.929. The number of imidazole rings is 1. The second-order valence-electron chi connectivity index (χ2n) is 15.2. The molecule has 0 saturated heterocycles. The number of anilines is 3. The van der Waals surface area contributed by atoms with Gasteiger partial charge in [-0.15, -0.1) is 0 Å². The summed E-state index contributed by atoms with van der Waals surface area (Å²) < 4.78 is 2.33. The monoisotopic (exact) mass is 765 g/mol. The molecule has 0 bridgehead atoms. The van der Waals surface area contributed by atoms with E-state index in [2.05, 4.69) is 246 Å². The minimum atomic E-state index is 0.929. The molecule has 0 atom stereocenters. The van der Waals surface area contributed by atoms with E-state index in [0.29, 0.717) is 0 Å². The fraction of sp³-hybridized carbons (Fsp3) is 0. The third-order valence-electron chi connectivity index (χ3n) is 11.6. The summed E-state index contributed by atoms with van der Waals surface area (Å²) in [7, 11) is 0. The summed E-state index contributed by atoms with van der Waals surface area (Å²) in [4.78, 5) is 7.82. The van der Waals surface area contributed by atoms with E-state index in [1.165, 1.54) is 38.4 Å². The molecule has 0 spiro atoms. The predicted molar refractivity (Wildman–Crippen MR) is 253 cm³/mol. The summed E-state index contributed by atoms with van der Waals surface area (Å²) in [6.45, 7) is 0. The Labute approximate surface area is 349 Å². The van der Waals surface area contributed by atoms with E-state index in [1.807, 2.05) is 0 Å². The molecule has 60 heavy (non-hydrogen) atoms. The van der Waals surface area contributed by atoms with Crippen LogP contribution in [0, 0.1) is 0 Å². The van der Waals surface area contributed by atoms with Gasteiger partial charge in [0.2, 0.25) is 0 Å². The molecule has 0 aliphatic carbocycles. The van der Waals surface area contributed by atoms with Gasteiger partial charge >= 0.3 is 0 Å². The number of hydrogen-bond acceptors (Lipinski definition) is 2. The highest BCUT2D eigenvalue weighted by molar-refractivity contribution is 6.24. The molecule has 10 aromatic carbocycles. The summed E-state index contributed by atoms with van der Waals surface area (Å²) >= 11 is 0. The topological polar surface area (TPSA) is 21.1 Å². The highest BCUT2D eigenvalue weighted by Crippen LogP contribution is 2.42. The SMILES string of the molecule is c1ccc(-c2ccc(N(c3ccc(-c4ccccc4)cc3)c3ccc(-c4ccc5c6ccccc6c6c(nc(-c7ccccc7)n6-c6ccccc6)c5c4)cc3)cc2)cc1. The van der Waals surface area contributed by atoms with Crippen molar-refractivity contribution in [3.8, 4) is 50.5 Å². The molecule has 1 aromatic heterocycles. The van der Waals surface area contributed by atoms with Crippen LogP contribution in [0.25, 0.3) is 83.0 Å². The molecule has 3 nitrogen and oxygen atoms in total. The molecule has 11 aromatic rings. The predicted octanol–water partition coefficient (Wildman–Crippen LogP) is 15.5. The fourth-order valence-electron chi connectivity index (χ4n) is 8.66. The molecule has 3 heteroatoms. The number of para-hydroxylation sites is 1. The van der Waals surface area contributed by atoms with E-state index >= 15 is 0 Å². The number of hydrogen-bond donors (Lipinski definition) is 0. The van der Waals surface area contributed by atoms with Gasteiger partial charge in [0, 0.05) is 39.1 Å². The highest BCUT2D eigenvalue weighted by Gasteiger charge is 2.21. The van der Waals surface area contributed by atoms with Crippen molar-refractivity contribution in [2.45, 2.75) is 0 Å². The van der Waals surface area contributed by atoms with Gasteiger partial charge in [-0.1, -0.05) is 182 Å². The lowest BCUT2D eigenvalue weighted by Crippen LogP contribution is -2.09. The maximum absolute atomic E-state index is 5.48. The van der Waals surface area contributed by atoms with Crippen LogP contribution in [0.4, 0.5) is 17.1 Å². The average Bonchev–Trinajstić information content (AvgIpc) is 3.75. The van der Waals surface area contributed by atoms with Crippen LogP contribution in [-0.4, -0.2) is 9.55 Å². The summed E-state index contributed by atoms with van der Waals surface area (Å²) in [6.07, 6.45) is 0. The van der Waals surface area contributed by atoms with Crippen molar-refractivity contribution in [1.82, 2.24) is 9.55 Å². The van der Waals surface area contributed by atoms with Crippen LogP contribution in [0.1, 0.15) is 0 Å². The Bertz CT molecular complexity index is 3160. The zero-order valence-electron chi connectivity index (χ0n) is 32.9. The molecule has 0 amide bonds. The van der Waals surface area contributed by atoms with Gasteiger partial charge in [0.05, 0.1) is 11.0 Å². The third kappa shape index (κ3) is 6.30. The molecule has 0 saturated carbocycles. The molecule has 0 aliphatic heterocycles. The first-order chi connectivity index (χ1) is 29.8. The first-order valence-electron chi connectivity index (χ1n) is 20.5. The smallest absolute Gasteiger partial charge is 0.145 e. The lowest BCUT2D eigenvalue weighted by atomic mass is 9.95. The minimum Gasteiger partial charge on any atom is -0.311 e. The largest absolute Gasteiger partial charge is 0.311 e. The molecule has 11 rings (SSSR count). The van der Waals surface area contributed by atoms with E-state index in [1.54, 1.807) is 0 Å². The summed E-state index contributed by atoms with van der Waals surface area (Å²) in [5, 5.41) is 4.73. The fourth-order valence-corrected chi connectivity index (χ4v) is 8.66. The van der Waals surface area contributed by atoms with Crippen LogP contribution in [-0.2, 0) is 0 Å². The Morgan fingerprint density at radius 1 is 0.300 bits per heavy atom. The van der Waals surface area contributed by atoms with Gasteiger partial charge in [-0.25, -0.2) is 4.98 Å². The second-order valence-corrected chi connectivity index (χ2v) is 15.2. The molecular formula is C57H39N3. The average molecular weight is 766 g/mol. The van der Waals surface area contributed by atoms with Crippen molar-refractivity contribution >= 4 is 49.6 Å². The molecule has 1 heterocycles. The zero-order chi connectivity index (χ0) is 39.8.